The van der Waals surface area contributed by atoms with Gasteiger partial charge < -0.3 is 14.8 Å². The summed E-state index contributed by atoms with van der Waals surface area (Å²) in [7, 11) is 0. The van der Waals surface area contributed by atoms with E-state index in [0.29, 0.717) is 27.9 Å². The normalized spacial score (nSPS) is 16.1. The number of ether oxygens (including phenoxy) is 2. The number of esters is 1. The third-order valence-corrected chi connectivity index (χ3v) is 4.47. The number of nitrogens with one attached hydrogen (secondary N) is 1. The monoisotopic (exact) mass is 396 g/mol. The Morgan fingerprint density at radius 3 is 2.67 bits per heavy atom. The predicted octanol–water partition coefficient (Wildman–Crippen LogP) is 3.45. The van der Waals surface area contributed by atoms with Crippen LogP contribution in [0.25, 0.3) is 0 Å². The van der Waals surface area contributed by atoms with Gasteiger partial charge in [0.1, 0.15) is 11.8 Å². The summed E-state index contributed by atoms with van der Waals surface area (Å²) in [6.07, 6.45) is 1.85. The lowest BCUT2D eigenvalue weighted by atomic mass is 9.96. The van der Waals surface area contributed by atoms with Crippen LogP contribution in [0.15, 0.2) is 40.7 Å². The largest absolute Gasteiger partial charge is 0.463 e. The van der Waals surface area contributed by atoms with Crippen molar-refractivity contribution in [3.8, 4) is 5.75 Å². The van der Waals surface area contributed by atoms with Crippen LogP contribution in [0, 0.1) is 0 Å². The number of hydrogen-bond acceptors (Lipinski definition) is 7. The van der Waals surface area contributed by atoms with E-state index < -0.39 is 18.6 Å². The Balaban J connectivity index is 2.06. The van der Waals surface area contributed by atoms with E-state index in [1.807, 2.05) is 6.26 Å². The summed E-state index contributed by atoms with van der Waals surface area (Å²) in [5, 5.41) is 8.05. The minimum Gasteiger partial charge on any atom is -0.463 e. The molecule has 2 aromatic rings. The second-order valence-corrected chi connectivity index (χ2v) is 6.37. The van der Waals surface area contributed by atoms with Crippen LogP contribution in [0.5, 0.6) is 5.75 Å². The molecule has 1 aromatic carbocycles. The SMILES string of the molecule is CCOC(=O)C1=C(C)Nc2nc(SC)nn2[C@H]1c1ccc(OC(F)F)cc1. The first-order valence-corrected chi connectivity index (χ1v) is 9.37. The average molecular weight is 396 g/mol. The standard InChI is InChI=1S/C17H18F2N4O3S/c1-4-25-14(24)12-9(2)20-16-21-17(27-3)22-23(16)13(12)10-5-7-11(8-6-10)26-15(18)19/h5-8,13,15H,4H2,1-3H3,(H,20,21,22)/t13-/m0/s1. The summed E-state index contributed by atoms with van der Waals surface area (Å²) in [6.45, 7) is 0.800. The first kappa shape index (κ1) is 19.2. The van der Waals surface area contributed by atoms with Crippen LogP contribution in [0.4, 0.5) is 14.7 Å². The van der Waals surface area contributed by atoms with E-state index in [0.717, 1.165) is 0 Å². The van der Waals surface area contributed by atoms with Gasteiger partial charge in [0.05, 0.1) is 12.2 Å². The summed E-state index contributed by atoms with van der Waals surface area (Å²) in [5.74, 6) is 0.0414. The topological polar surface area (TPSA) is 78.3 Å². The van der Waals surface area contributed by atoms with Crippen LogP contribution < -0.4 is 10.1 Å². The first-order valence-electron chi connectivity index (χ1n) is 8.14. The lowest BCUT2D eigenvalue weighted by Crippen LogP contribution is -2.29. The van der Waals surface area contributed by atoms with Crippen molar-refractivity contribution in [2.45, 2.75) is 31.7 Å². The zero-order valence-corrected chi connectivity index (χ0v) is 15.7. The molecule has 0 saturated carbocycles. The lowest BCUT2D eigenvalue weighted by Gasteiger charge is -2.28. The van der Waals surface area contributed by atoms with Crippen LogP contribution in [0.1, 0.15) is 25.5 Å². The third-order valence-electron chi connectivity index (χ3n) is 3.93. The fourth-order valence-electron chi connectivity index (χ4n) is 2.83. The Bertz CT molecular complexity index is 868. The Labute approximate surface area is 158 Å². The van der Waals surface area contributed by atoms with Gasteiger partial charge in [-0.15, -0.1) is 5.10 Å². The zero-order valence-electron chi connectivity index (χ0n) is 14.9. The number of hydrogen-bond donors (Lipinski definition) is 1. The van der Waals surface area contributed by atoms with Gasteiger partial charge in [0, 0.05) is 5.70 Å². The summed E-state index contributed by atoms with van der Waals surface area (Å²) in [6, 6.07) is 5.48. The Hall–Kier alpha value is -2.62. The molecule has 3 rings (SSSR count). The van der Waals surface area contributed by atoms with Crippen LogP contribution in [0.2, 0.25) is 0 Å². The van der Waals surface area contributed by atoms with Gasteiger partial charge in [-0.05, 0) is 37.8 Å². The number of rotatable bonds is 6. The van der Waals surface area contributed by atoms with Gasteiger partial charge in [0.15, 0.2) is 0 Å². The third kappa shape index (κ3) is 3.90. The molecule has 0 saturated heterocycles. The zero-order chi connectivity index (χ0) is 19.6. The number of aromatic nitrogens is 3. The molecule has 1 aromatic heterocycles. The fraction of sp³-hybridized carbons (Fsp3) is 0.353. The van der Waals surface area contributed by atoms with Gasteiger partial charge >= 0.3 is 12.6 Å². The maximum atomic E-state index is 12.6. The highest BCUT2D eigenvalue weighted by molar-refractivity contribution is 7.98. The van der Waals surface area contributed by atoms with E-state index in [2.05, 4.69) is 20.1 Å². The van der Waals surface area contributed by atoms with E-state index in [1.54, 1.807) is 30.7 Å². The predicted molar refractivity (Wildman–Crippen MR) is 96.0 cm³/mol. The summed E-state index contributed by atoms with van der Waals surface area (Å²) >= 11 is 1.37. The number of thioether (sulfide) groups is 1. The van der Waals surface area contributed by atoms with Gasteiger partial charge in [-0.1, -0.05) is 23.9 Å². The van der Waals surface area contributed by atoms with E-state index >= 15 is 0 Å². The molecule has 0 fully saturated rings. The molecular formula is C17H18F2N4O3S. The van der Waals surface area contributed by atoms with E-state index in [9.17, 15) is 13.6 Å². The van der Waals surface area contributed by atoms with Crippen molar-refractivity contribution in [2.24, 2.45) is 0 Å². The fourth-order valence-corrected chi connectivity index (χ4v) is 3.18. The molecule has 10 heteroatoms. The van der Waals surface area contributed by atoms with Gasteiger partial charge in [-0.2, -0.15) is 13.8 Å². The maximum Gasteiger partial charge on any atom is 0.387 e. The molecule has 1 aliphatic rings. The van der Waals surface area contributed by atoms with E-state index in [-0.39, 0.29) is 12.4 Å². The molecule has 0 radical (unpaired) electrons. The summed E-state index contributed by atoms with van der Waals surface area (Å²) in [5.41, 5.74) is 1.64. The molecular weight excluding hydrogens is 378 g/mol. The number of alkyl halides is 2. The molecule has 144 valence electrons. The van der Waals surface area contributed by atoms with Crippen molar-refractivity contribution in [2.75, 3.05) is 18.2 Å². The minimum atomic E-state index is -2.90. The van der Waals surface area contributed by atoms with E-state index in [4.69, 9.17) is 4.74 Å². The Morgan fingerprint density at radius 1 is 1.37 bits per heavy atom. The highest BCUT2D eigenvalue weighted by Crippen LogP contribution is 2.37. The Kier molecular flexibility index (Phi) is 5.64. The molecule has 0 bridgehead atoms. The van der Waals surface area contributed by atoms with Crippen LogP contribution >= 0.6 is 11.8 Å². The van der Waals surface area contributed by atoms with Gasteiger partial charge in [0.2, 0.25) is 11.1 Å². The molecule has 0 unspecified atom stereocenters. The minimum absolute atomic E-state index is 0.0321. The van der Waals surface area contributed by atoms with Gasteiger partial charge in [-0.3, -0.25) is 0 Å². The van der Waals surface area contributed by atoms with Crippen molar-refractivity contribution >= 4 is 23.7 Å². The van der Waals surface area contributed by atoms with E-state index in [1.165, 1.54) is 23.9 Å². The van der Waals surface area contributed by atoms with Crippen LogP contribution in [-0.2, 0) is 9.53 Å². The molecule has 7 nitrogen and oxygen atoms in total. The first-order chi connectivity index (χ1) is 12.9. The molecule has 1 atom stereocenters. The second-order valence-electron chi connectivity index (χ2n) is 5.60. The average Bonchev–Trinajstić information content (AvgIpc) is 3.03. The highest BCUT2D eigenvalue weighted by atomic mass is 32.2. The molecule has 1 aliphatic heterocycles. The maximum absolute atomic E-state index is 12.6. The number of fused-ring (bicyclic) bond motifs is 1. The molecule has 0 aliphatic carbocycles. The number of anilines is 1. The van der Waals surface area contributed by atoms with Gasteiger partial charge in [-0.25, -0.2) is 9.48 Å². The summed E-state index contributed by atoms with van der Waals surface area (Å²) < 4.78 is 36.0. The number of carbonyl (C=O) groups is 1. The van der Waals surface area contributed by atoms with Crippen LogP contribution in [0.3, 0.4) is 0 Å². The van der Waals surface area contributed by atoms with Crippen molar-refractivity contribution in [1.82, 2.24) is 14.8 Å². The number of allylic oxidation sites excluding steroid dienone is 1. The second kappa shape index (κ2) is 7.95. The van der Waals surface area contributed by atoms with Crippen molar-refractivity contribution < 1.29 is 23.0 Å². The van der Waals surface area contributed by atoms with Crippen LogP contribution in [-0.4, -0.2) is 40.2 Å². The van der Waals surface area contributed by atoms with Crippen molar-refractivity contribution in [3.63, 3.8) is 0 Å². The number of halogens is 2. The number of nitrogens with zero attached hydrogens (tertiary/aromatic N) is 3. The number of carbonyl (C=O) groups excluding carboxylic acids is 1. The molecule has 0 amide bonds. The highest BCUT2D eigenvalue weighted by Gasteiger charge is 2.35. The summed E-state index contributed by atoms with van der Waals surface area (Å²) in [4.78, 5) is 17.0. The quantitative estimate of drug-likeness (QED) is 0.592. The molecule has 27 heavy (non-hydrogen) atoms. The molecule has 0 spiro atoms. The van der Waals surface area contributed by atoms with Crippen molar-refractivity contribution in [3.05, 3.63) is 41.1 Å². The van der Waals surface area contributed by atoms with Crippen molar-refractivity contribution in [1.29, 1.82) is 0 Å². The lowest BCUT2D eigenvalue weighted by molar-refractivity contribution is -0.139. The smallest absolute Gasteiger partial charge is 0.387 e. The number of benzene rings is 1. The Morgan fingerprint density at radius 2 is 2.07 bits per heavy atom. The van der Waals surface area contributed by atoms with Gasteiger partial charge in [0.25, 0.3) is 0 Å². The molecule has 1 N–H and O–H groups in total. The molecule has 2 heterocycles.